The number of aliphatic hydroxyl groups is 2. The average Bonchev–Trinajstić information content (AvgIpc) is 2.92. The highest BCUT2D eigenvalue weighted by Crippen LogP contribution is 2.19. The van der Waals surface area contributed by atoms with E-state index in [0.717, 1.165) is 43.9 Å². The van der Waals surface area contributed by atoms with E-state index in [0.29, 0.717) is 13.2 Å². The molecule has 1 aromatic heterocycles. The van der Waals surface area contributed by atoms with Crippen molar-refractivity contribution in [3.8, 4) is 0 Å². The summed E-state index contributed by atoms with van der Waals surface area (Å²) in [5.74, 6) is 1.94. The Kier molecular flexibility index (Phi) is 6.89. The third-order valence-corrected chi connectivity index (χ3v) is 4.12. The summed E-state index contributed by atoms with van der Waals surface area (Å²) in [6, 6.07) is 4.08. The lowest BCUT2D eigenvalue weighted by Gasteiger charge is -2.35. The van der Waals surface area contributed by atoms with Gasteiger partial charge in [-0.25, -0.2) is 0 Å². The summed E-state index contributed by atoms with van der Waals surface area (Å²) >= 11 is 0. The topological polar surface area (TPSA) is 66.1 Å². The van der Waals surface area contributed by atoms with Gasteiger partial charge in [-0.15, -0.1) is 0 Å². The van der Waals surface area contributed by atoms with Crippen molar-refractivity contribution in [1.82, 2.24) is 4.90 Å². The van der Waals surface area contributed by atoms with Gasteiger partial charge in [-0.2, -0.15) is 0 Å². The zero-order valence-electron chi connectivity index (χ0n) is 13.7. The third kappa shape index (κ3) is 4.81. The minimum atomic E-state index is -0.776. The predicted octanol–water partition coefficient (Wildman–Crippen LogP) is 1.81. The van der Waals surface area contributed by atoms with Gasteiger partial charge in [0.2, 0.25) is 0 Å². The second kappa shape index (κ2) is 8.67. The number of hydrogen-bond acceptors (Lipinski definition) is 5. The fourth-order valence-corrected chi connectivity index (χ4v) is 3.00. The summed E-state index contributed by atoms with van der Waals surface area (Å²) in [4.78, 5) is 2.27. The molecule has 1 aliphatic heterocycles. The van der Waals surface area contributed by atoms with E-state index in [9.17, 15) is 10.2 Å². The maximum Gasteiger partial charge on any atom is 0.118 e. The van der Waals surface area contributed by atoms with E-state index in [1.165, 1.54) is 0 Å². The second-order valence-corrected chi connectivity index (χ2v) is 6.21. The van der Waals surface area contributed by atoms with Gasteiger partial charge < -0.3 is 19.4 Å². The fourth-order valence-electron chi connectivity index (χ4n) is 3.00. The van der Waals surface area contributed by atoms with Crippen molar-refractivity contribution >= 4 is 0 Å². The molecule has 2 N–H and O–H groups in total. The number of hydrogen-bond donors (Lipinski definition) is 2. The molecule has 2 rings (SSSR count). The van der Waals surface area contributed by atoms with E-state index in [1.807, 2.05) is 12.1 Å². The van der Waals surface area contributed by atoms with E-state index in [1.54, 1.807) is 0 Å². The van der Waals surface area contributed by atoms with Gasteiger partial charge in [0.1, 0.15) is 17.6 Å². The Morgan fingerprint density at radius 3 is 2.64 bits per heavy atom. The van der Waals surface area contributed by atoms with E-state index in [4.69, 9.17) is 9.15 Å². The molecule has 22 heavy (non-hydrogen) atoms. The Balaban J connectivity index is 1.93. The summed E-state index contributed by atoms with van der Waals surface area (Å²) in [7, 11) is 0. The molecular formula is C17H29NO4. The highest BCUT2D eigenvalue weighted by atomic mass is 16.5. The van der Waals surface area contributed by atoms with E-state index < -0.39 is 12.2 Å². The Labute approximate surface area is 132 Å². The van der Waals surface area contributed by atoms with Crippen LogP contribution in [0.1, 0.15) is 38.2 Å². The van der Waals surface area contributed by atoms with Crippen LogP contribution in [0.25, 0.3) is 0 Å². The molecule has 0 aliphatic carbocycles. The molecule has 0 amide bonds. The first-order valence-corrected chi connectivity index (χ1v) is 8.37. The van der Waals surface area contributed by atoms with E-state index in [-0.39, 0.29) is 12.5 Å². The first-order chi connectivity index (χ1) is 10.6. The molecule has 3 atom stereocenters. The maximum absolute atomic E-state index is 10.1. The van der Waals surface area contributed by atoms with Crippen LogP contribution in [0.5, 0.6) is 0 Å². The molecule has 0 saturated carbocycles. The average molecular weight is 311 g/mol. The van der Waals surface area contributed by atoms with Crippen molar-refractivity contribution in [1.29, 1.82) is 0 Å². The molecule has 1 fully saturated rings. The van der Waals surface area contributed by atoms with Gasteiger partial charge in [-0.1, -0.05) is 13.8 Å². The molecule has 0 spiro atoms. The van der Waals surface area contributed by atoms with Crippen LogP contribution in [0, 0.1) is 5.92 Å². The van der Waals surface area contributed by atoms with Gasteiger partial charge in [0.15, 0.2) is 0 Å². The molecule has 2 heterocycles. The Morgan fingerprint density at radius 2 is 1.91 bits per heavy atom. The molecule has 1 aromatic rings. The number of aliphatic hydroxyl groups excluding tert-OH is 2. The minimum absolute atomic E-state index is 0.0552. The standard InChI is InChI=1S/C17H29NO4/c1-3-5-14-6-7-15(22-14)10-18(8-4-2)9-13-11-21-12-16(19)17(13)20/h6-7,13,16-17,19-20H,3-5,8-12H2,1-2H3/t13-,16-,17+/m1/s1. The number of nitrogens with zero attached hydrogens (tertiary/aromatic N) is 1. The molecule has 0 radical (unpaired) electrons. The Bertz CT molecular complexity index is 434. The maximum atomic E-state index is 10.1. The summed E-state index contributed by atoms with van der Waals surface area (Å²) in [6.07, 6.45) is 1.60. The van der Waals surface area contributed by atoms with Gasteiger partial charge in [-0.05, 0) is 31.5 Å². The normalized spacial score (nSPS) is 25.8. The van der Waals surface area contributed by atoms with Crippen LogP contribution in [0.4, 0.5) is 0 Å². The van der Waals surface area contributed by atoms with Crippen LogP contribution in [0.3, 0.4) is 0 Å². The smallest absolute Gasteiger partial charge is 0.118 e. The lowest BCUT2D eigenvalue weighted by Crippen LogP contribution is -2.48. The summed E-state index contributed by atoms with van der Waals surface area (Å²) in [6.45, 7) is 7.37. The summed E-state index contributed by atoms with van der Waals surface area (Å²) in [5, 5.41) is 19.8. The zero-order chi connectivity index (χ0) is 15.9. The van der Waals surface area contributed by atoms with Crippen LogP contribution >= 0.6 is 0 Å². The molecule has 1 aliphatic rings. The largest absolute Gasteiger partial charge is 0.465 e. The van der Waals surface area contributed by atoms with Crippen molar-refractivity contribution < 1.29 is 19.4 Å². The number of rotatable bonds is 8. The lowest BCUT2D eigenvalue weighted by atomic mass is 9.96. The predicted molar refractivity (Wildman–Crippen MR) is 84.6 cm³/mol. The van der Waals surface area contributed by atoms with Gasteiger partial charge in [0.05, 0.1) is 25.9 Å². The summed E-state index contributed by atoms with van der Waals surface area (Å²) < 4.78 is 11.2. The monoisotopic (exact) mass is 311 g/mol. The number of ether oxygens (including phenoxy) is 1. The van der Waals surface area contributed by atoms with Crippen molar-refractivity contribution in [2.75, 3.05) is 26.3 Å². The molecule has 126 valence electrons. The highest BCUT2D eigenvalue weighted by Gasteiger charge is 2.32. The molecular weight excluding hydrogens is 282 g/mol. The molecule has 0 aromatic carbocycles. The van der Waals surface area contributed by atoms with Crippen LogP contribution in [0.15, 0.2) is 16.5 Å². The van der Waals surface area contributed by atoms with Crippen molar-refractivity contribution in [3.05, 3.63) is 23.7 Å². The van der Waals surface area contributed by atoms with Crippen molar-refractivity contribution in [3.63, 3.8) is 0 Å². The molecule has 5 heteroatoms. The molecule has 0 unspecified atom stereocenters. The highest BCUT2D eigenvalue weighted by molar-refractivity contribution is 5.07. The van der Waals surface area contributed by atoms with E-state index >= 15 is 0 Å². The molecule has 1 saturated heterocycles. The lowest BCUT2D eigenvalue weighted by molar-refractivity contribution is -0.126. The van der Waals surface area contributed by atoms with Crippen LogP contribution in [-0.2, 0) is 17.7 Å². The van der Waals surface area contributed by atoms with Gasteiger partial charge in [0.25, 0.3) is 0 Å². The van der Waals surface area contributed by atoms with Crippen molar-refractivity contribution in [2.45, 2.75) is 51.9 Å². The van der Waals surface area contributed by atoms with Crippen LogP contribution in [-0.4, -0.2) is 53.6 Å². The van der Waals surface area contributed by atoms with E-state index in [2.05, 4.69) is 18.7 Å². The SMILES string of the molecule is CCCc1ccc(CN(CCC)C[C@@H]2COC[C@@H](O)[C@H]2O)o1. The summed E-state index contributed by atoms with van der Waals surface area (Å²) in [5.41, 5.74) is 0. The van der Waals surface area contributed by atoms with Gasteiger partial charge in [0, 0.05) is 18.9 Å². The fraction of sp³-hybridized carbons (Fsp3) is 0.765. The van der Waals surface area contributed by atoms with Crippen LogP contribution in [0.2, 0.25) is 0 Å². The number of aryl methyl sites for hydroxylation is 1. The van der Waals surface area contributed by atoms with Gasteiger partial charge >= 0.3 is 0 Å². The van der Waals surface area contributed by atoms with Crippen molar-refractivity contribution in [2.24, 2.45) is 5.92 Å². The van der Waals surface area contributed by atoms with Crippen LogP contribution < -0.4 is 0 Å². The van der Waals surface area contributed by atoms with Gasteiger partial charge in [-0.3, -0.25) is 4.90 Å². The minimum Gasteiger partial charge on any atom is -0.465 e. The first kappa shape index (κ1) is 17.5. The first-order valence-electron chi connectivity index (χ1n) is 8.37. The zero-order valence-corrected chi connectivity index (χ0v) is 13.7. The Hall–Kier alpha value is -0.880. The number of furan rings is 1. The Morgan fingerprint density at radius 1 is 1.14 bits per heavy atom. The quantitative estimate of drug-likeness (QED) is 0.766. The molecule has 0 bridgehead atoms. The third-order valence-electron chi connectivity index (χ3n) is 4.12. The molecule has 5 nitrogen and oxygen atoms in total. The second-order valence-electron chi connectivity index (χ2n) is 6.21.